The largest absolute Gasteiger partial charge is 0.355 e. The smallest absolute Gasteiger partial charge is 0.224 e. The molecule has 0 unspecified atom stereocenters. The Kier molecular flexibility index (Phi) is 5.37. The summed E-state index contributed by atoms with van der Waals surface area (Å²) < 4.78 is 0. The van der Waals surface area contributed by atoms with Gasteiger partial charge in [0.1, 0.15) is 5.82 Å². The molecular formula is C22H28N4O. The number of hydrogen-bond donors (Lipinski definition) is 1. The molecule has 1 aromatic heterocycles. The summed E-state index contributed by atoms with van der Waals surface area (Å²) in [6.07, 6.45) is 11.9. The Bertz CT molecular complexity index is 743. The van der Waals surface area contributed by atoms with Gasteiger partial charge in [-0.15, -0.1) is 0 Å². The van der Waals surface area contributed by atoms with Crippen molar-refractivity contribution in [3.8, 4) is 0 Å². The van der Waals surface area contributed by atoms with Crippen LogP contribution in [0.4, 0.5) is 5.82 Å². The second-order valence-electron chi connectivity index (χ2n) is 7.92. The fourth-order valence-corrected chi connectivity index (χ4v) is 4.67. The SMILES string of the molecule is O=C(NCC1(c2ccccc2)CCCC1)[C@H]1CCCN(c2cnccn2)C1. The van der Waals surface area contributed by atoms with Crippen LogP contribution >= 0.6 is 0 Å². The van der Waals surface area contributed by atoms with Crippen molar-refractivity contribution in [3.05, 3.63) is 54.5 Å². The summed E-state index contributed by atoms with van der Waals surface area (Å²) in [5, 5.41) is 3.30. The number of carbonyl (C=O) groups is 1. The first-order valence-electron chi connectivity index (χ1n) is 10.1. The minimum absolute atomic E-state index is 0.0231. The van der Waals surface area contributed by atoms with Gasteiger partial charge in [0.05, 0.1) is 12.1 Å². The molecule has 27 heavy (non-hydrogen) atoms. The zero-order valence-corrected chi connectivity index (χ0v) is 15.8. The molecule has 1 N–H and O–H groups in total. The van der Waals surface area contributed by atoms with Gasteiger partial charge in [0.25, 0.3) is 0 Å². The third-order valence-corrected chi connectivity index (χ3v) is 6.21. The van der Waals surface area contributed by atoms with E-state index in [-0.39, 0.29) is 17.2 Å². The Balaban J connectivity index is 1.40. The number of rotatable bonds is 5. The van der Waals surface area contributed by atoms with E-state index in [0.717, 1.165) is 51.1 Å². The molecule has 0 radical (unpaired) electrons. The van der Waals surface area contributed by atoms with Crippen LogP contribution in [0.5, 0.6) is 0 Å². The number of aromatic nitrogens is 2. The van der Waals surface area contributed by atoms with Gasteiger partial charge in [-0.3, -0.25) is 9.78 Å². The highest BCUT2D eigenvalue weighted by Crippen LogP contribution is 2.40. The summed E-state index contributed by atoms with van der Waals surface area (Å²) in [5.41, 5.74) is 1.48. The van der Waals surface area contributed by atoms with Gasteiger partial charge in [0, 0.05) is 37.4 Å². The molecule has 2 aliphatic rings. The molecule has 1 atom stereocenters. The summed E-state index contributed by atoms with van der Waals surface area (Å²) in [6, 6.07) is 10.7. The van der Waals surface area contributed by atoms with Crippen molar-refractivity contribution in [2.24, 2.45) is 5.92 Å². The van der Waals surface area contributed by atoms with Crippen molar-refractivity contribution < 1.29 is 4.79 Å². The fourth-order valence-electron chi connectivity index (χ4n) is 4.67. The van der Waals surface area contributed by atoms with Crippen LogP contribution < -0.4 is 10.2 Å². The van der Waals surface area contributed by atoms with Crippen LogP contribution in [-0.4, -0.2) is 35.5 Å². The average Bonchev–Trinajstić information content (AvgIpc) is 3.24. The van der Waals surface area contributed by atoms with E-state index in [1.54, 1.807) is 18.6 Å². The quantitative estimate of drug-likeness (QED) is 0.884. The lowest BCUT2D eigenvalue weighted by Gasteiger charge is -2.34. The van der Waals surface area contributed by atoms with Crippen LogP contribution in [0, 0.1) is 5.92 Å². The van der Waals surface area contributed by atoms with E-state index in [9.17, 15) is 4.79 Å². The van der Waals surface area contributed by atoms with Crippen molar-refractivity contribution >= 4 is 11.7 Å². The molecule has 1 aliphatic heterocycles. The van der Waals surface area contributed by atoms with Gasteiger partial charge in [-0.05, 0) is 31.2 Å². The van der Waals surface area contributed by atoms with Crippen LogP contribution in [0.25, 0.3) is 0 Å². The Hall–Kier alpha value is -2.43. The molecule has 5 nitrogen and oxygen atoms in total. The molecule has 1 saturated heterocycles. The van der Waals surface area contributed by atoms with Crippen molar-refractivity contribution in [1.29, 1.82) is 0 Å². The molecule has 2 aromatic rings. The van der Waals surface area contributed by atoms with E-state index in [4.69, 9.17) is 0 Å². The highest BCUT2D eigenvalue weighted by atomic mass is 16.1. The minimum atomic E-state index is 0.0231. The van der Waals surface area contributed by atoms with Gasteiger partial charge in [-0.1, -0.05) is 43.2 Å². The number of carbonyl (C=O) groups excluding carboxylic acids is 1. The number of anilines is 1. The highest BCUT2D eigenvalue weighted by molar-refractivity contribution is 5.79. The first-order valence-corrected chi connectivity index (χ1v) is 10.1. The van der Waals surface area contributed by atoms with Crippen molar-refractivity contribution in [2.75, 3.05) is 24.5 Å². The van der Waals surface area contributed by atoms with Gasteiger partial charge in [0.15, 0.2) is 0 Å². The van der Waals surface area contributed by atoms with Crippen molar-refractivity contribution in [1.82, 2.24) is 15.3 Å². The molecule has 1 amide bonds. The summed E-state index contributed by atoms with van der Waals surface area (Å²) in [5.74, 6) is 1.08. The van der Waals surface area contributed by atoms with Gasteiger partial charge >= 0.3 is 0 Å². The van der Waals surface area contributed by atoms with Crippen LogP contribution in [0.3, 0.4) is 0 Å². The lowest BCUT2D eigenvalue weighted by Crippen LogP contribution is -2.46. The Labute approximate surface area is 161 Å². The van der Waals surface area contributed by atoms with Crippen LogP contribution in [0.15, 0.2) is 48.9 Å². The number of hydrogen-bond acceptors (Lipinski definition) is 4. The monoisotopic (exact) mass is 364 g/mol. The molecule has 2 fully saturated rings. The maximum Gasteiger partial charge on any atom is 0.224 e. The molecule has 4 rings (SSSR count). The zero-order chi connectivity index (χ0) is 18.5. The molecule has 5 heteroatoms. The lowest BCUT2D eigenvalue weighted by molar-refractivity contribution is -0.125. The van der Waals surface area contributed by atoms with E-state index in [1.165, 1.54) is 18.4 Å². The topological polar surface area (TPSA) is 58.1 Å². The molecular weight excluding hydrogens is 336 g/mol. The Morgan fingerprint density at radius 3 is 2.70 bits per heavy atom. The molecule has 1 aliphatic carbocycles. The Morgan fingerprint density at radius 2 is 1.96 bits per heavy atom. The number of nitrogens with one attached hydrogen (secondary N) is 1. The van der Waals surface area contributed by atoms with Gasteiger partial charge in [-0.2, -0.15) is 0 Å². The average molecular weight is 364 g/mol. The van der Waals surface area contributed by atoms with E-state index >= 15 is 0 Å². The number of piperidine rings is 1. The summed E-state index contributed by atoms with van der Waals surface area (Å²) >= 11 is 0. The summed E-state index contributed by atoms with van der Waals surface area (Å²) in [4.78, 5) is 23.7. The first kappa shape index (κ1) is 18.0. The summed E-state index contributed by atoms with van der Waals surface area (Å²) in [6.45, 7) is 2.41. The van der Waals surface area contributed by atoms with Gasteiger partial charge in [-0.25, -0.2) is 4.98 Å². The molecule has 1 saturated carbocycles. The number of benzene rings is 1. The predicted molar refractivity (Wildman–Crippen MR) is 107 cm³/mol. The third kappa shape index (κ3) is 3.97. The lowest BCUT2D eigenvalue weighted by atomic mass is 9.78. The maximum atomic E-state index is 12.9. The molecule has 0 bridgehead atoms. The standard InChI is InChI=1S/C22H28N4O/c27-21(18-7-6-14-26(16-18)20-15-23-12-13-24-20)25-17-22(10-4-5-11-22)19-8-2-1-3-9-19/h1-3,8-9,12-13,15,18H,4-7,10-11,14,16-17H2,(H,25,27)/t18-/m0/s1. The van der Waals surface area contributed by atoms with E-state index < -0.39 is 0 Å². The van der Waals surface area contributed by atoms with Crippen LogP contribution in [0.1, 0.15) is 44.1 Å². The van der Waals surface area contributed by atoms with E-state index in [2.05, 4.69) is 50.5 Å². The summed E-state index contributed by atoms with van der Waals surface area (Å²) in [7, 11) is 0. The maximum absolute atomic E-state index is 12.9. The van der Waals surface area contributed by atoms with Crippen molar-refractivity contribution in [3.63, 3.8) is 0 Å². The van der Waals surface area contributed by atoms with Gasteiger partial charge < -0.3 is 10.2 Å². The number of nitrogens with zero attached hydrogens (tertiary/aromatic N) is 3. The fraction of sp³-hybridized carbons (Fsp3) is 0.500. The molecule has 1 aromatic carbocycles. The first-order chi connectivity index (χ1) is 13.3. The second kappa shape index (κ2) is 8.07. The minimum Gasteiger partial charge on any atom is -0.355 e. The van der Waals surface area contributed by atoms with Crippen LogP contribution in [-0.2, 0) is 10.2 Å². The molecule has 142 valence electrons. The highest BCUT2D eigenvalue weighted by Gasteiger charge is 2.36. The second-order valence-corrected chi connectivity index (χ2v) is 7.92. The molecule has 2 heterocycles. The third-order valence-electron chi connectivity index (χ3n) is 6.21. The van der Waals surface area contributed by atoms with Crippen LogP contribution in [0.2, 0.25) is 0 Å². The van der Waals surface area contributed by atoms with Crippen molar-refractivity contribution in [2.45, 2.75) is 43.9 Å². The van der Waals surface area contributed by atoms with Gasteiger partial charge in [0.2, 0.25) is 5.91 Å². The zero-order valence-electron chi connectivity index (χ0n) is 15.8. The number of amides is 1. The Morgan fingerprint density at radius 1 is 1.15 bits per heavy atom. The normalized spacial score (nSPS) is 21.8. The molecule has 0 spiro atoms. The van der Waals surface area contributed by atoms with E-state index in [0.29, 0.717) is 0 Å². The van der Waals surface area contributed by atoms with E-state index in [1.807, 2.05) is 0 Å². The predicted octanol–water partition coefficient (Wildman–Crippen LogP) is 3.32.